The Labute approximate surface area is 315 Å². The number of nitrogens with two attached hydrogens (primary N) is 1. The Hall–Kier alpha value is -6.19. The van der Waals surface area contributed by atoms with Crippen molar-refractivity contribution in [2.45, 2.75) is 6.92 Å². The summed E-state index contributed by atoms with van der Waals surface area (Å²) in [6.45, 7) is 1.53. The molecule has 0 amide bonds. The van der Waals surface area contributed by atoms with E-state index in [-0.39, 0.29) is 48.6 Å². The number of benzene rings is 6. The van der Waals surface area contributed by atoms with Gasteiger partial charge in [0.25, 0.3) is 0 Å². The summed E-state index contributed by atoms with van der Waals surface area (Å²) in [7, 11) is 0. The van der Waals surface area contributed by atoms with Crippen LogP contribution in [0.5, 0.6) is 0 Å². The van der Waals surface area contributed by atoms with Crippen molar-refractivity contribution in [1.29, 1.82) is 5.41 Å². The van der Waals surface area contributed by atoms with Gasteiger partial charge < -0.3 is 5.73 Å². The average molecular weight is 796 g/mol. The Kier molecular flexibility index (Phi) is 12.5. The van der Waals surface area contributed by atoms with E-state index < -0.39 is 0 Å². The molecule has 6 nitrogen and oxygen atoms in total. The van der Waals surface area contributed by atoms with Crippen molar-refractivity contribution >= 4 is 27.9 Å². The van der Waals surface area contributed by atoms with Crippen molar-refractivity contribution in [1.82, 2.24) is 19.9 Å². The van der Waals surface area contributed by atoms with Gasteiger partial charge in [-0.15, -0.1) is 0 Å². The first-order valence-corrected chi connectivity index (χ1v) is 16.0. The molecule has 3 N–H and O–H groups in total. The van der Waals surface area contributed by atoms with Gasteiger partial charge in [-0.3, -0.25) is 5.41 Å². The van der Waals surface area contributed by atoms with Crippen LogP contribution in [0.2, 0.25) is 0 Å². The van der Waals surface area contributed by atoms with E-state index in [1.807, 2.05) is 48.5 Å². The maximum absolute atomic E-state index is 13.2. The molecule has 261 valence electrons. The predicted octanol–water partition coefficient (Wildman–Crippen LogP) is 10.4. The zero-order chi connectivity index (χ0) is 36.6. The maximum atomic E-state index is 13.2. The van der Waals surface area contributed by atoms with Crippen molar-refractivity contribution in [3.8, 4) is 45.0 Å². The third-order valence-electron chi connectivity index (χ3n) is 7.61. The van der Waals surface area contributed by atoms with Crippen molar-refractivity contribution in [2.75, 3.05) is 0 Å². The van der Waals surface area contributed by atoms with E-state index in [4.69, 9.17) is 31.1 Å². The molecule has 8 aromatic rings. The number of nitrogens with zero attached hydrogens (tertiary/aromatic N) is 4. The number of amidine groups is 1. The van der Waals surface area contributed by atoms with Crippen LogP contribution in [0.4, 0.5) is 17.6 Å². The summed E-state index contributed by atoms with van der Waals surface area (Å²) in [5, 5.41) is 6.28. The molecule has 0 aliphatic heterocycles. The first-order valence-electron chi connectivity index (χ1n) is 16.0. The number of nitrogens with one attached hydrogen (secondary N) is 1. The van der Waals surface area contributed by atoms with Gasteiger partial charge in [0.05, 0.1) is 50.7 Å². The van der Waals surface area contributed by atoms with Crippen LogP contribution in [0.1, 0.15) is 6.92 Å². The molecule has 0 aliphatic carbocycles. The van der Waals surface area contributed by atoms with Crippen LogP contribution in [0.3, 0.4) is 0 Å². The smallest absolute Gasteiger partial charge is 0.388 e. The van der Waals surface area contributed by atoms with Crippen LogP contribution >= 0.6 is 0 Å². The fourth-order valence-electron chi connectivity index (χ4n) is 5.24. The molecule has 0 saturated heterocycles. The number of hydrogen-bond donors (Lipinski definition) is 2. The number of para-hydroxylation sites is 4. The molecule has 0 bridgehead atoms. The minimum absolute atomic E-state index is 0. The summed E-state index contributed by atoms with van der Waals surface area (Å²) >= 11 is 0. The number of hydrogen-bond acceptors (Lipinski definition) is 5. The second-order valence-electron chi connectivity index (χ2n) is 11.5. The second kappa shape index (κ2) is 17.4. The van der Waals surface area contributed by atoms with Crippen LogP contribution in [-0.2, 0) is 19.5 Å². The number of rotatable bonds is 4. The average Bonchev–Trinajstić information content (AvgIpc) is 3.15. The van der Waals surface area contributed by atoms with E-state index in [1.165, 1.54) is 55.5 Å². The normalized spacial score (nSPS) is 10.4. The Bertz CT molecular complexity index is 2130. The summed E-state index contributed by atoms with van der Waals surface area (Å²) in [4.78, 5) is 18.8. The minimum Gasteiger partial charge on any atom is -0.388 e. The van der Waals surface area contributed by atoms with Crippen LogP contribution in [0, 0.1) is 28.7 Å². The summed E-state index contributed by atoms with van der Waals surface area (Å²) in [5.74, 6) is -1.07. The van der Waals surface area contributed by atoms with Gasteiger partial charge >= 0.3 is 19.5 Å². The molecule has 0 saturated carbocycles. The van der Waals surface area contributed by atoms with Gasteiger partial charge in [-0.05, 0) is 128 Å². The van der Waals surface area contributed by atoms with Gasteiger partial charge in [0.2, 0.25) is 0 Å². The summed E-state index contributed by atoms with van der Waals surface area (Å²) < 4.78 is 53.0. The van der Waals surface area contributed by atoms with Crippen molar-refractivity contribution in [2.24, 2.45) is 5.73 Å². The topological polar surface area (TPSA) is 101 Å². The largest absolute Gasteiger partial charge is 3.00 e. The molecule has 0 unspecified atom stereocenters. The van der Waals surface area contributed by atoms with Crippen molar-refractivity contribution < 1.29 is 37.0 Å². The Morgan fingerprint density at radius 2 is 0.566 bits per heavy atom. The molecule has 11 heteroatoms. The summed E-state index contributed by atoms with van der Waals surface area (Å²) in [5.41, 5.74) is 13.3. The Morgan fingerprint density at radius 3 is 0.736 bits per heavy atom. The quantitative estimate of drug-likeness (QED) is 0.0800. The van der Waals surface area contributed by atoms with Gasteiger partial charge in [0, 0.05) is 22.3 Å². The van der Waals surface area contributed by atoms with E-state index in [0.29, 0.717) is 22.8 Å². The molecule has 2 heterocycles. The fraction of sp³-hybridized carbons (Fsp3) is 0.0238. The number of halogens is 4. The summed E-state index contributed by atoms with van der Waals surface area (Å²) in [6, 6.07) is 39.5. The minimum atomic E-state index is -0.309. The molecule has 1 radical (unpaired) electrons. The second-order valence-corrected chi connectivity index (χ2v) is 11.5. The standard InChI is InChI=1S/2C20H12F2N2.C2H6N2.Ru/c2*21-15-9-5-13(6-10-15)19-20(14-7-11-16(22)12-8-14)24-18-4-2-1-3-17(18)23-19;1-2(3)4;/h2*1-12H;1H3,(H3,3,4);/q;;;+3. The zero-order valence-corrected chi connectivity index (χ0v) is 29.8. The van der Waals surface area contributed by atoms with E-state index >= 15 is 0 Å². The van der Waals surface area contributed by atoms with Crippen LogP contribution < -0.4 is 5.73 Å². The van der Waals surface area contributed by atoms with E-state index in [9.17, 15) is 17.6 Å². The maximum Gasteiger partial charge on any atom is 3.00 e. The first-order chi connectivity index (χ1) is 25.1. The Morgan fingerprint density at radius 1 is 0.396 bits per heavy atom. The van der Waals surface area contributed by atoms with E-state index in [1.54, 1.807) is 48.5 Å². The van der Waals surface area contributed by atoms with Gasteiger partial charge in [0.15, 0.2) is 0 Å². The third-order valence-corrected chi connectivity index (χ3v) is 7.61. The Balaban J connectivity index is 0.000000183. The molecular weight excluding hydrogens is 766 g/mol. The van der Waals surface area contributed by atoms with E-state index in [2.05, 4.69) is 0 Å². The zero-order valence-electron chi connectivity index (χ0n) is 28.1. The SMILES string of the molecule is CC(=N)N.Fc1ccc(-c2nc3ccccc3nc2-c2ccc(F)cc2)cc1.Fc1ccc(-c2nc3ccccc3nc2-c2ccc(F)cc2)cc1.[Ru+3]. The molecule has 0 aliphatic rings. The molecule has 8 rings (SSSR count). The van der Waals surface area contributed by atoms with Crippen LogP contribution in [0.15, 0.2) is 146 Å². The van der Waals surface area contributed by atoms with E-state index in [0.717, 1.165) is 44.3 Å². The predicted molar refractivity (Wildman–Crippen MR) is 198 cm³/mol. The molecule has 2 aromatic heterocycles. The summed E-state index contributed by atoms with van der Waals surface area (Å²) in [6.07, 6.45) is 0. The number of aromatic nitrogens is 4. The first kappa shape index (κ1) is 38.1. The molecule has 0 fully saturated rings. The van der Waals surface area contributed by atoms with Gasteiger partial charge in [-0.2, -0.15) is 0 Å². The fourth-order valence-corrected chi connectivity index (χ4v) is 5.24. The molecule has 6 aromatic carbocycles. The molecule has 53 heavy (non-hydrogen) atoms. The third kappa shape index (κ3) is 9.58. The van der Waals surface area contributed by atoms with Crippen molar-refractivity contribution in [3.05, 3.63) is 169 Å². The van der Waals surface area contributed by atoms with Crippen LogP contribution in [0.25, 0.3) is 67.1 Å². The van der Waals surface area contributed by atoms with Crippen LogP contribution in [-0.4, -0.2) is 25.8 Å². The monoisotopic (exact) mass is 796 g/mol. The van der Waals surface area contributed by atoms with Gasteiger partial charge in [0.1, 0.15) is 23.3 Å². The van der Waals surface area contributed by atoms with Gasteiger partial charge in [-0.25, -0.2) is 37.5 Å². The van der Waals surface area contributed by atoms with Crippen molar-refractivity contribution in [3.63, 3.8) is 0 Å². The van der Waals surface area contributed by atoms with Gasteiger partial charge in [-0.1, -0.05) is 24.3 Å². The molecule has 0 spiro atoms. The molecule has 0 atom stereocenters. The number of fused-ring (bicyclic) bond motifs is 2. The molecular formula is C42H30F4N6Ru+3.